The predicted molar refractivity (Wildman–Crippen MR) is 101 cm³/mol. The molecule has 0 saturated heterocycles. The van der Waals surface area contributed by atoms with Crippen LogP contribution in [0.4, 0.5) is 0 Å². The third-order valence-electron chi connectivity index (χ3n) is 4.04. The Hall–Kier alpha value is -2.43. The highest BCUT2D eigenvalue weighted by Crippen LogP contribution is 2.31. The van der Waals surface area contributed by atoms with Crippen molar-refractivity contribution in [1.82, 2.24) is 14.4 Å². The van der Waals surface area contributed by atoms with Crippen molar-refractivity contribution >= 4 is 29.5 Å². The maximum Gasteiger partial charge on any atom is 0.205 e. The number of hydrogen-bond acceptors (Lipinski definition) is 2. The summed E-state index contributed by atoms with van der Waals surface area (Å²) in [6, 6.07) is 16.1. The van der Waals surface area contributed by atoms with E-state index in [0.717, 1.165) is 28.0 Å². The second kappa shape index (κ2) is 5.89. The quantitative estimate of drug-likeness (QED) is 0.471. The first kappa shape index (κ1) is 15.1. The van der Waals surface area contributed by atoms with Crippen molar-refractivity contribution in [3.63, 3.8) is 0 Å². The number of benzene rings is 2. The van der Waals surface area contributed by atoms with E-state index in [-0.39, 0.29) is 0 Å². The number of halogens is 1. The van der Waals surface area contributed by atoms with E-state index in [1.54, 1.807) is 6.20 Å². The van der Waals surface area contributed by atoms with Crippen molar-refractivity contribution < 1.29 is 0 Å². The summed E-state index contributed by atoms with van der Waals surface area (Å²) in [5.41, 5.74) is 6.05. The Balaban J connectivity index is 1.98. The zero-order chi connectivity index (χ0) is 16.7. The molecule has 0 radical (unpaired) electrons. The number of aromatic amines is 1. The van der Waals surface area contributed by atoms with E-state index in [1.807, 2.05) is 34.9 Å². The van der Waals surface area contributed by atoms with Gasteiger partial charge in [0.2, 0.25) is 4.77 Å². The van der Waals surface area contributed by atoms with Crippen LogP contribution in [0.3, 0.4) is 0 Å². The zero-order valence-corrected chi connectivity index (χ0v) is 14.5. The maximum absolute atomic E-state index is 6.36. The molecule has 0 amide bonds. The van der Waals surface area contributed by atoms with Gasteiger partial charge in [-0.25, -0.2) is 4.98 Å². The van der Waals surface area contributed by atoms with Crippen LogP contribution in [-0.2, 0) is 0 Å². The van der Waals surface area contributed by atoms with Crippen LogP contribution in [0.25, 0.3) is 28.0 Å². The Kier molecular flexibility index (Phi) is 3.71. The SMILES string of the molecule is Cc1ccc(-c2cn3c(=S)ncc(-c4ccccc4Cl)c3[nH]2)cc1. The molecular weight excluding hydrogens is 338 g/mol. The van der Waals surface area contributed by atoms with Gasteiger partial charge in [-0.1, -0.05) is 59.6 Å². The average Bonchev–Trinajstić information content (AvgIpc) is 3.03. The van der Waals surface area contributed by atoms with Crippen LogP contribution in [0.5, 0.6) is 0 Å². The molecule has 2 heterocycles. The van der Waals surface area contributed by atoms with Crippen LogP contribution in [-0.4, -0.2) is 14.4 Å². The van der Waals surface area contributed by atoms with Crippen molar-refractivity contribution in [2.75, 3.05) is 0 Å². The van der Waals surface area contributed by atoms with Gasteiger partial charge in [-0.05, 0) is 30.8 Å². The normalized spacial score (nSPS) is 11.1. The van der Waals surface area contributed by atoms with Gasteiger partial charge in [-0.15, -0.1) is 0 Å². The zero-order valence-electron chi connectivity index (χ0n) is 13.0. The molecular formula is C19H14ClN3S. The number of nitrogens with zero attached hydrogens (tertiary/aromatic N) is 2. The molecule has 118 valence electrons. The molecule has 0 saturated carbocycles. The lowest BCUT2D eigenvalue weighted by Gasteiger charge is -2.05. The van der Waals surface area contributed by atoms with Crippen molar-refractivity contribution in [3.05, 3.63) is 76.3 Å². The minimum absolute atomic E-state index is 0.510. The van der Waals surface area contributed by atoms with Gasteiger partial charge in [-0.2, -0.15) is 0 Å². The summed E-state index contributed by atoms with van der Waals surface area (Å²) in [5, 5.41) is 0.685. The highest BCUT2D eigenvalue weighted by atomic mass is 35.5. The summed E-state index contributed by atoms with van der Waals surface area (Å²) in [6.07, 6.45) is 3.75. The minimum Gasteiger partial charge on any atom is -0.339 e. The molecule has 2 aromatic carbocycles. The second-order valence-corrected chi connectivity index (χ2v) is 6.46. The van der Waals surface area contributed by atoms with Crippen LogP contribution in [0.15, 0.2) is 60.9 Å². The summed E-state index contributed by atoms with van der Waals surface area (Å²) >= 11 is 11.7. The van der Waals surface area contributed by atoms with E-state index < -0.39 is 0 Å². The fourth-order valence-corrected chi connectivity index (χ4v) is 3.20. The lowest BCUT2D eigenvalue weighted by molar-refractivity contribution is 1.06. The van der Waals surface area contributed by atoms with Crippen molar-refractivity contribution in [3.8, 4) is 22.4 Å². The number of fused-ring (bicyclic) bond motifs is 1. The van der Waals surface area contributed by atoms with Crippen LogP contribution in [0, 0.1) is 11.7 Å². The van der Waals surface area contributed by atoms with Gasteiger partial charge >= 0.3 is 0 Å². The highest BCUT2D eigenvalue weighted by molar-refractivity contribution is 7.71. The summed E-state index contributed by atoms with van der Waals surface area (Å²) in [6.45, 7) is 2.07. The predicted octanol–water partition coefficient (Wildman–Crippen LogP) is 5.69. The van der Waals surface area contributed by atoms with E-state index in [4.69, 9.17) is 23.8 Å². The smallest absolute Gasteiger partial charge is 0.205 e. The third kappa shape index (κ3) is 2.54. The lowest BCUT2D eigenvalue weighted by atomic mass is 10.1. The number of aromatic nitrogens is 3. The Bertz CT molecular complexity index is 1090. The topological polar surface area (TPSA) is 33.1 Å². The molecule has 0 aliphatic heterocycles. The fraction of sp³-hybridized carbons (Fsp3) is 0.0526. The number of rotatable bonds is 2. The molecule has 5 heteroatoms. The Labute approximate surface area is 149 Å². The van der Waals surface area contributed by atoms with Crippen LogP contribution in [0.2, 0.25) is 5.02 Å². The molecule has 0 aliphatic rings. The number of imidazole rings is 1. The summed E-state index contributed by atoms with van der Waals surface area (Å²) in [4.78, 5) is 7.81. The van der Waals surface area contributed by atoms with Gasteiger partial charge in [0, 0.05) is 28.5 Å². The molecule has 4 aromatic rings. The largest absolute Gasteiger partial charge is 0.339 e. The maximum atomic E-state index is 6.36. The Morgan fingerprint density at radius 3 is 2.54 bits per heavy atom. The molecule has 0 aliphatic carbocycles. The van der Waals surface area contributed by atoms with E-state index in [2.05, 4.69) is 41.2 Å². The number of aryl methyl sites for hydroxylation is 1. The lowest BCUT2D eigenvalue weighted by Crippen LogP contribution is -1.93. The minimum atomic E-state index is 0.510. The first-order valence-corrected chi connectivity index (χ1v) is 8.34. The summed E-state index contributed by atoms with van der Waals surface area (Å²) < 4.78 is 2.40. The average molecular weight is 352 g/mol. The number of hydrogen-bond donors (Lipinski definition) is 1. The molecule has 0 fully saturated rings. The summed E-state index contributed by atoms with van der Waals surface area (Å²) in [7, 11) is 0. The number of nitrogens with one attached hydrogen (secondary N) is 1. The highest BCUT2D eigenvalue weighted by Gasteiger charge is 2.12. The van der Waals surface area contributed by atoms with Gasteiger partial charge < -0.3 is 4.98 Å². The first-order valence-electron chi connectivity index (χ1n) is 7.56. The molecule has 2 aromatic heterocycles. The van der Waals surface area contributed by atoms with Crippen LogP contribution in [0.1, 0.15) is 5.56 Å². The number of H-pyrrole nitrogens is 1. The fourth-order valence-electron chi connectivity index (χ4n) is 2.76. The van der Waals surface area contributed by atoms with Gasteiger partial charge in [0.1, 0.15) is 5.65 Å². The van der Waals surface area contributed by atoms with Crippen molar-refractivity contribution in [2.45, 2.75) is 6.92 Å². The van der Waals surface area contributed by atoms with Crippen LogP contribution >= 0.6 is 23.8 Å². The first-order chi connectivity index (χ1) is 11.6. The molecule has 4 rings (SSSR count). The third-order valence-corrected chi connectivity index (χ3v) is 4.68. The van der Waals surface area contributed by atoms with Gasteiger partial charge in [0.05, 0.1) is 5.69 Å². The molecule has 0 unspecified atom stereocenters. The van der Waals surface area contributed by atoms with E-state index in [1.165, 1.54) is 5.56 Å². The van der Waals surface area contributed by atoms with Gasteiger partial charge in [0.25, 0.3) is 0 Å². The molecule has 3 nitrogen and oxygen atoms in total. The van der Waals surface area contributed by atoms with Gasteiger partial charge in [0.15, 0.2) is 0 Å². The monoisotopic (exact) mass is 351 g/mol. The Morgan fingerprint density at radius 2 is 1.79 bits per heavy atom. The second-order valence-electron chi connectivity index (χ2n) is 5.69. The molecule has 0 spiro atoms. The molecule has 0 bridgehead atoms. The molecule has 1 N–H and O–H groups in total. The van der Waals surface area contributed by atoms with Crippen molar-refractivity contribution in [1.29, 1.82) is 0 Å². The summed E-state index contributed by atoms with van der Waals surface area (Å²) in [5.74, 6) is 0. The van der Waals surface area contributed by atoms with E-state index in [9.17, 15) is 0 Å². The van der Waals surface area contributed by atoms with Crippen molar-refractivity contribution in [2.24, 2.45) is 0 Å². The standard InChI is InChI=1S/C19H14ClN3S/c1-12-6-8-13(9-7-12)17-11-23-18(22-17)15(10-21-19(23)24)14-4-2-3-5-16(14)20/h2-11,22H,1H3. The van der Waals surface area contributed by atoms with Gasteiger partial charge in [-0.3, -0.25) is 4.40 Å². The molecule has 0 atom stereocenters. The molecule has 24 heavy (non-hydrogen) atoms. The van der Waals surface area contributed by atoms with E-state index >= 15 is 0 Å². The Morgan fingerprint density at radius 1 is 1.04 bits per heavy atom. The van der Waals surface area contributed by atoms with E-state index in [0.29, 0.717) is 9.79 Å². The van der Waals surface area contributed by atoms with Crippen LogP contribution < -0.4 is 0 Å².